The van der Waals surface area contributed by atoms with Crippen LogP contribution in [0.2, 0.25) is 0 Å². The molecule has 0 bridgehead atoms. The molecule has 0 fully saturated rings. The summed E-state index contributed by atoms with van der Waals surface area (Å²) in [5.74, 6) is 0.923. The molecule has 2 aromatic carbocycles. The van der Waals surface area contributed by atoms with Gasteiger partial charge in [0.2, 0.25) is 0 Å². The topological polar surface area (TPSA) is 76.7 Å². The van der Waals surface area contributed by atoms with Crippen molar-refractivity contribution in [3.05, 3.63) is 59.7 Å². The predicted molar refractivity (Wildman–Crippen MR) is 108 cm³/mol. The van der Waals surface area contributed by atoms with E-state index in [2.05, 4.69) is 24.7 Å². The molecular weight excluding hydrogens is 356 g/mol. The summed E-state index contributed by atoms with van der Waals surface area (Å²) in [6, 6.07) is 14.2. The van der Waals surface area contributed by atoms with Crippen LogP contribution in [0.15, 0.2) is 48.5 Å². The molecule has 2 rings (SSSR count). The van der Waals surface area contributed by atoms with Crippen molar-refractivity contribution in [2.45, 2.75) is 40.2 Å². The van der Waals surface area contributed by atoms with Gasteiger partial charge in [0, 0.05) is 5.56 Å². The summed E-state index contributed by atoms with van der Waals surface area (Å²) in [7, 11) is 0. The first-order valence-electron chi connectivity index (χ1n) is 9.45. The number of hydrogen-bond donors (Lipinski definition) is 2. The molecular formula is C22H28N2O4. The van der Waals surface area contributed by atoms with Crippen LogP contribution in [0.5, 0.6) is 11.5 Å². The predicted octanol–water partition coefficient (Wildman–Crippen LogP) is 3.65. The van der Waals surface area contributed by atoms with Crippen molar-refractivity contribution in [2.75, 3.05) is 6.61 Å². The van der Waals surface area contributed by atoms with Gasteiger partial charge in [0.1, 0.15) is 11.5 Å². The smallest absolute Gasteiger partial charge is 0.279 e. The fourth-order valence-corrected chi connectivity index (χ4v) is 2.41. The number of amides is 2. The molecule has 1 unspecified atom stereocenters. The van der Waals surface area contributed by atoms with E-state index in [9.17, 15) is 9.59 Å². The number of benzene rings is 2. The zero-order valence-electron chi connectivity index (χ0n) is 16.8. The van der Waals surface area contributed by atoms with E-state index in [4.69, 9.17) is 9.47 Å². The number of carbonyl (C=O) groups is 2. The number of rotatable bonds is 8. The quantitative estimate of drug-likeness (QED) is 0.681. The SMILES string of the molecule is CCC(Oc1cccc(C)c1)C(=O)NNC(=O)c1ccc(OCC(C)C)cc1. The monoisotopic (exact) mass is 384 g/mol. The maximum Gasteiger partial charge on any atom is 0.279 e. The van der Waals surface area contributed by atoms with Gasteiger partial charge in [-0.2, -0.15) is 0 Å². The van der Waals surface area contributed by atoms with Crippen molar-refractivity contribution in [2.24, 2.45) is 5.92 Å². The molecule has 0 spiro atoms. The normalized spacial score (nSPS) is 11.6. The van der Waals surface area contributed by atoms with Crippen LogP contribution < -0.4 is 20.3 Å². The maximum atomic E-state index is 12.3. The summed E-state index contributed by atoms with van der Waals surface area (Å²) in [6.45, 7) is 8.54. The lowest BCUT2D eigenvalue weighted by Crippen LogP contribution is -2.47. The highest BCUT2D eigenvalue weighted by Gasteiger charge is 2.19. The van der Waals surface area contributed by atoms with Crippen molar-refractivity contribution in [3.63, 3.8) is 0 Å². The third-order valence-electron chi connectivity index (χ3n) is 3.93. The van der Waals surface area contributed by atoms with Crippen molar-refractivity contribution in [1.29, 1.82) is 0 Å². The first-order valence-corrected chi connectivity index (χ1v) is 9.45. The van der Waals surface area contributed by atoms with Crippen LogP contribution in [-0.2, 0) is 4.79 Å². The average molecular weight is 384 g/mol. The number of ether oxygens (including phenoxy) is 2. The Hall–Kier alpha value is -3.02. The summed E-state index contributed by atoms with van der Waals surface area (Å²) >= 11 is 0. The fourth-order valence-electron chi connectivity index (χ4n) is 2.41. The summed E-state index contributed by atoms with van der Waals surface area (Å²) < 4.78 is 11.3. The van der Waals surface area contributed by atoms with Gasteiger partial charge >= 0.3 is 0 Å². The molecule has 2 N–H and O–H groups in total. The van der Waals surface area contributed by atoms with Gasteiger partial charge in [-0.3, -0.25) is 20.4 Å². The van der Waals surface area contributed by atoms with E-state index in [0.717, 1.165) is 5.56 Å². The van der Waals surface area contributed by atoms with Gasteiger partial charge in [0.15, 0.2) is 6.10 Å². The molecule has 6 nitrogen and oxygen atoms in total. The maximum absolute atomic E-state index is 12.3. The largest absolute Gasteiger partial charge is 0.493 e. The second-order valence-electron chi connectivity index (χ2n) is 7.00. The highest BCUT2D eigenvalue weighted by molar-refractivity contribution is 5.95. The molecule has 0 saturated carbocycles. The lowest BCUT2D eigenvalue weighted by Gasteiger charge is -2.18. The van der Waals surface area contributed by atoms with E-state index in [1.54, 1.807) is 30.3 Å². The van der Waals surface area contributed by atoms with Crippen molar-refractivity contribution in [1.82, 2.24) is 10.9 Å². The lowest BCUT2D eigenvalue weighted by atomic mass is 10.2. The molecule has 0 radical (unpaired) electrons. The van der Waals surface area contributed by atoms with E-state index in [-0.39, 0.29) is 0 Å². The lowest BCUT2D eigenvalue weighted by molar-refractivity contribution is -0.128. The Morgan fingerprint density at radius 1 is 1.00 bits per heavy atom. The molecule has 0 aliphatic heterocycles. The minimum atomic E-state index is -0.700. The van der Waals surface area contributed by atoms with Crippen molar-refractivity contribution >= 4 is 11.8 Å². The third kappa shape index (κ3) is 6.61. The first-order chi connectivity index (χ1) is 13.4. The molecule has 150 valence electrons. The number of hydrazine groups is 1. The molecule has 28 heavy (non-hydrogen) atoms. The summed E-state index contributed by atoms with van der Waals surface area (Å²) in [5, 5.41) is 0. The Bertz CT molecular complexity index is 787. The van der Waals surface area contributed by atoms with E-state index in [0.29, 0.717) is 36.0 Å². The van der Waals surface area contributed by atoms with E-state index >= 15 is 0 Å². The van der Waals surface area contributed by atoms with Gasteiger partial charge in [-0.15, -0.1) is 0 Å². The Morgan fingerprint density at radius 3 is 2.32 bits per heavy atom. The standard InChI is InChI=1S/C22H28N2O4/c1-5-20(28-19-8-6-7-16(4)13-19)22(26)24-23-21(25)17-9-11-18(12-10-17)27-14-15(2)3/h6-13,15,20H,5,14H2,1-4H3,(H,23,25)(H,24,26). The minimum absolute atomic E-state index is 0.408. The Balaban J connectivity index is 1.87. The van der Waals surface area contributed by atoms with Gasteiger partial charge < -0.3 is 9.47 Å². The van der Waals surface area contributed by atoms with Crippen LogP contribution in [-0.4, -0.2) is 24.5 Å². The van der Waals surface area contributed by atoms with E-state index in [1.807, 2.05) is 32.0 Å². The highest BCUT2D eigenvalue weighted by Crippen LogP contribution is 2.16. The van der Waals surface area contributed by atoms with Crippen LogP contribution in [0.1, 0.15) is 43.1 Å². The second kappa shape index (κ2) is 10.3. The Labute approximate surface area is 166 Å². The van der Waals surface area contributed by atoms with Crippen LogP contribution in [0.4, 0.5) is 0 Å². The number of carbonyl (C=O) groups excluding carboxylic acids is 2. The van der Waals surface area contributed by atoms with Crippen LogP contribution in [0.3, 0.4) is 0 Å². The van der Waals surface area contributed by atoms with Crippen LogP contribution in [0.25, 0.3) is 0 Å². The zero-order valence-corrected chi connectivity index (χ0v) is 16.8. The average Bonchev–Trinajstić information content (AvgIpc) is 2.68. The molecule has 2 aromatic rings. The molecule has 0 saturated heterocycles. The molecule has 0 heterocycles. The second-order valence-corrected chi connectivity index (χ2v) is 7.00. The number of nitrogens with one attached hydrogen (secondary N) is 2. The van der Waals surface area contributed by atoms with E-state index in [1.165, 1.54) is 0 Å². The third-order valence-corrected chi connectivity index (χ3v) is 3.93. The summed E-state index contributed by atoms with van der Waals surface area (Å²) in [5.41, 5.74) is 6.31. The van der Waals surface area contributed by atoms with Gasteiger partial charge in [-0.1, -0.05) is 32.9 Å². The van der Waals surface area contributed by atoms with Gasteiger partial charge in [0.05, 0.1) is 6.61 Å². The van der Waals surface area contributed by atoms with Gasteiger partial charge in [0.25, 0.3) is 11.8 Å². The molecule has 6 heteroatoms. The molecule has 0 aromatic heterocycles. The van der Waals surface area contributed by atoms with Gasteiger partial charge in [-0.05, 0) is 61.2 Å². The van der Waals surface area contributed by atoms with Gasteiger partial charge in [-0.25, -0.2) is 0 Å². The molecule has 1 atom stereocenters. The van der Waals surface area contributed by atoms with Crippen LogP contribution >= 0.6 is 0 Å². The van der Waals surface area contributed by atoms with Crippen LogP contribution in [0, 0.1) is 12.8 Å². The molecule has 0 aliphatic rings. The minimum Gasteiger partial charge on any atom is -0.493 e. The van der Waals surface area contributed by atoms with Crippen molar-refractivity contribution in [3.8, 4) is 11.5 Å². The van der Waals surface area contributed by atoms with E-state index < -0.39 is 17.9 Å². The Morgan fingerprint density at radius 2 is 1.71 bits per heavy atom. The number of aryl methyl sites for hydroxylation is 1. The summed E-state index contributed by atoms with van der Waals surface area (Å²) in [4.78, 5) is 24.6. The summed E-state index contributed by atoms with van der Waals surface area (Å²) in [6.07, 6.45) is -0.230. The zero-order chi connectivity index (χ0) is 20.5. The molecule has 0 aliphatic carbocycles. The highest BCUT2D eigenvalue weighted by atomic mass is 16.5. The number of hydrogen-bond acceptors (Lipinski definition) is 4. The molecule has 2 amide bonds. The van der Waals surface area contributed by atoms with Crippen molar-refractivity contribution < 1.29 is 19.1 Å². The Kier molecular flexibility index (Phi) is 7.87. The fraction of sp³-hybridized carbons (Fsp3) is 0.364. The first kappa shape index (κ1) is 21.3.